The summed E-state index contributed by atoms with van der Waals surface area (Å²) in [6, 6.07) is 16.1. The largest absolute Gasteiger partial charge is 0.506 e. The molecule has 0 atom stereocenters. The fraction of sp³-hybridized carbons (Fsp3) is 0.0500. The average molecular weight is 396 g/mol. The highest BCUT2D eigenvalue weighted by Crippen LogP contribution is 2.31. The van der Waals surface area contributed by atoms with E-state index < -0.39 is 5.91 Å². The zero-order valence-electron chi connectivity index (χ0n) is 14.2. The lowest BCUT2D eigenvalue weighted by molar-refractivity contribution is -0.126. The molecule has 2 aromatic carbocycles. The van der Waals surface area contributed by atoms with Crippen molar-refractivity contribution >= 4 is 51.9 Å². The third-order valence-corrected chi connectivity index (χ3v) is 5.09. The molecule has 3 rings (SSSR count). The van der Waals surface area contributed by atoms with Gasteiger partial charge in [0.1, 0.15) is 16.6 Å². The van der Waals surface area contributed by atoms with Gasteiger partial charge in [-0.2, -0.15) is 0 Å². The molecule has 0 radical (unpaired) electrons. The molecule has 136 valence electrons. The van der Waals surface area contributed by atoms with Crippen LogP contribution in [0.4, 0.5) is 5.69 Å². The van der Waals surface area contributed by atoms with Crippen LogP contribution < -0.4 is 5.32 Å². The van der Waals surface area contributed by atoms with Crippen LogP contribution >= 0.6 is 24.0 Å². The van der Waals surface area contributed by atoms with Crippen molar-refractivity contribution in [1.82, 2.24) is 4.90 Å². The fourth-order valence-corrected chi connectivity index (χ4v) is 3.58. The first-order chi connectivity index (χ1) is 13.0. The van der Waals surface area contributed by atoms with Gasteiger partial charge in [-0.15, -0.1) is 0 Å². The Labute approximate surface area is 166 Å². The number of para-hydroxylation sites is 2. The Morgan fingerprint density at radius 3 is 2.59 bits per heavy atom. The molecule has 0 saturated carbocycles. The Kier molecular flexibility index (Phi) is 6.05. The van der Waals surface area contributed by atoms with Gasteiger partial charge in [0, 0.05) is 0 Å². The van der Waals surface area contributed by atoms with Crippen LogP contribution in [0.15, 0.2) is 71.7 Å². The van der Waals surface area contributed by atoms with Gasteiger partial charge in [-0.3, -0.25) is 14.5 Å². The molecule has 1 fully saturated rings. The van der Waals surface area contributed by atoms with Crippen LogP contribution in [0.2, 0.25) is 0 Å². The molecule has 0 unspecified atom stereocenters. The minimum atomic E-state index is -0.436. The molecule has 0 bridgehead atoms. The van der Waals surface area contributed by atoms with E-state index in [1.165, 1.54) is 11.0 Å². The molecule has 1 saturated heterocycles. The van der Waals surface area contributed by atoms with E-state index in [1.54, 1.807) is 30.4 Å². The van der Waals surface area contributed by atoms with Crippen LogP contribution in [0.5, 0.6) is 5.75 Å². The SMILES string of the molecule is O=C(CN1C(=O)/C(=C/C=C/c2ccccc2)SC1=S)Nc1ccccc1O. The smallest absolute Gasteiger partial charge is 0.266 e. The van der Waals surface area contributed by atoms with Crippen molar-refractivity contribution < 1.29 is 14.7 Å². The molecular weight excluding hydrogens is 380 g/mol. The second-order valence-corrected chi connectivity index (χ2v) is 7.30. The molecule has 1 aliphatic heterocycles. The van der Waals surface area contributed by atoms with E-state index in [4.69, 9.17) is 12.2 Å². The van der Waals surface area contributed by atoms with Gasteiger partial charge in [-0.1, -0.05) is 78.6 Å². The van der Waals surface area contributed by atoms with Crippen LogP contribution in [0.1, 0.15) is 5.56 Å². The maximum Gasteiger partial charge on any atom is 0.266 e. The Hall–Kier alpha value is -2.90. The number of nitrogens with zero attached hydrogens (tertiary/aromatic N) is 1. The number of benzene rings is 2. The van der Waals surface area contributed by atoms with Crippen LogP contribution in [0.3, 0.4) is 0 Å². The number of anilines is 1. The number of carbonyl (C=O) groups excluding carboxylic acids is 2. The van der Waals surface area contributed by atoms with Gasteiger partial charge in [0.05, 0.1) is 10.6 Å². The molecule has 27 heavy (non-hydrogen) atoms. The van der Waals surface area contributed by atoms with E-state index in [1.807, 2.05) is 36.4 Å². The van der Waals surface area contributed by atoms with Gasteiger partial charge in [0.25, 0.3) is 5.91 Å². The van der Waals surface area contributed by atoms with Gasteiger partial charge in [0.15, 0.2) is 0 Å². The quantitative estimate of drug-likeness (QED) is 0.457. The lowest BCUT2D eigenvalue weighted by Gasteiger charge is -2.14. The maximum absolute atomic E-state index is 12.5. The van der Waals surface area contributed by atoms with Crippen molar-refractivity contribution in [2.75, 3.05) is 11.9 Å². The molecule has 2 amide bonds. The number of phenols is 1. The van der Waals surface area contributed by atoms with E-state index in [0.717, 1.165) is 17.3 Å². The molecule has 2 N–H and O–H groups in total. The summed E-state index contributed by atoms with van der Waals surface area (Å²) >= 11 is 6.38. The standard InChI is InChI=1S/C20H16N2O3S2/c23-16-11-5-4-10-15(16)21-18(24)13-22-19(25)17(27-20(22)26)12-6-9-14-7-2-1-3-8-14/h1-12,23H,13H2,(H,21,24)/b9-6+,17-12-. The molecular formula is C20H16N2O3S2. The maximum atomic E-state index is 12.5. The first kappa shape index (κ1) is 18.9. The molecule has 2 aromatic rings. The number of nitrogens with one attached hydrogen (secondary N) is 1. The number of aromatic hydroxyl groups is 1. The number of allylic oxidation sites excluding steroid dienone is 2. The van der Waals surface area contributed by atoms with Crippen molar-refractivity contribution in [1.29, 1.82) is 0 Å². The zero-order valence-corrected chi connectivity index (χ0v) is 15.8. The highest BCUT2D eigenvalue weighted by atomic mass is 32.2. The minimum absolute atomic E-state index is 0.0396. The summed E-state index contributed by atoms with van der Waals surface area (Å²) in [6.07, 6.45) is 5.36. The monoisotopic (exact) mass is 396 g/mol. The number of phenolic OH excluding ortho intramolecular Hbond substituents is 1. The molecule has 0 spiro atoms. The van der Waals surface area contributed by atoms with Crippen molar-refractivity contribution in [2.24, 2.45) is 0 Å². The van der Waals surface area contributed by atoms with Crippen LogP contribution in [-0.2, 0) is 9.59 Å². The summed E-state index contributed by atoms with van der Waals surface area (Å²) in [5.41, 5.74) is 1.31. The first-order valence-corrected chi connectivity index (χ1v) is 9.32. The molecule has 1 aliphatic rings. The van der Waals surface area contributed by atoms with Gasteiger partial charge in [-0.25, -0.2) is 0 Å². The van der Waals surface area contributed by atoms with Gasteiger partial charge >= 0.3 is 0 Å². The van der Waals surface area contributed by atoms with E-state index in [9.17, 15) is 14.7 Å². The van der Waals surface area contributed by atoms with E-state index >= 15 is 0 Å². The Balaban J connectivity index is 1.63. The summed E-state index contributed by atoms with van der Waals surface area (Å²) in [7, 11) is 0. The van der Waals surface area contributed by atoms with E-state index in [2.05, 4.69) is 5.32 Å². The van der Waals surface area contributed by atoms with Gasteiger partial charge < -0.3 is 10.4 Å². The number of rotatable bonds is 5. The van der Waals surface area contributed by atoms with Crippen molar-refractivity contribution in [3.8, 4) is 5.75 Å². The van der Waals surface area contributed by atoms with Crippen molar-refractivity contribution in [3.05, 3.63) is 77.2 Å². The number of carbonyl (C=O) groups is 2. The summed E-state index contributed by atoms with van der Waals surface area (Å²) in [5.74, 6) is -0.786. The second-order valence-electron chi connectivity index (χ2n) is 5.63. The molecule has 0 aliphatic carbocycles. The molecule has 0 aromatic heterocycles. The zero-order chi connectivity index (χ0) is 19.2. The molecule has 1 heterocycles. The van der Waals surface area contributed by atoms with E-state index in [-0.39, 0.29) is 23.9 Å². The molecule has 5 nitrogen and oxygen atoms in total. The van der Waals surface area contributed by atoms with Crippen molar-refractivity contribution in [3.63, 3.8) is 0 Å². The van der Waals surface area contributed by atoms with Crippen LogP contribution in [0.25, 0.3) is 6.08 Å². The summed E-state index contributed by atoms with van der Waals surface area (Å²) in [5, 5.41) is 12.3. The minimum Gasteiger partial charge on any atom is -0.506 e. The Morgan fingerprint density at radius 2 is 1.85 bits per heavy atom. The highest BCUT2D eigenvalue weighted by molar-refractivity contribution is 8.26. The van der Waals surface area contributed by atoms with E-state index in [0.29, 0.717) is 9.23 Å². The van der Waals surface area contributed by atoms with Gasteiger partial charge in [-0.05, 0) is 23.8 Å². The topological polar surface area (TPSA) is 69.6 Å². The lowest BCUT2D eigenvalue weighted by Crippen LogP contribution is -2.36. The summed E-state index contributed by atoms with van der Waals surface area (Å²) in [6.45, 7) is -0.210. The van der Waals surface area contributed by atoms with Gasteiger partial charge in [0.2, 0.25) is 5.91 Å². The molecule has 7 heteroatoms. The second kappa shape index (κ2) is 8.66. The third kappa shape index (κ3) is 4.84. The predicted octanol–water partition coefficient (Wildman–Crippen LogP) is 3.79. The third-order valence-electron chi connectivity index (χ3n) is 3.69. The fourth-order valence-electron chi connectivity index (χ4n) is 2.37. The number of amides is 2. The van der Waals surface area contributed by atoms with Crippen molar-refractivity contribution in [2.45, 2.75) is 0 Å². The first-order valence-electron chi connectivity index (χ1n) is 8.09. The number of hydrogen-bond donors (Lipinski definition) is 2. The number of thiocarbonyl (C=S) groups is 1. The lowest BCUT2D eigenvalue weighted by atomic mass is 10.2. The Morgan fingerprint density at radius 1 is 1.15 bits per heavy atom. The average Bonchev–Trinajstić information content (AvgIpc) is 2.92. The predicted molar refractivity (Wildman–Crippen MR) is 112 cm³/mol. The summed E-state index contributed by atoms with van der Waals surface area (Å²) in [4.78, 5) is 26.4. The Bertz CT molecular complexity index is 939. The van der Waals surface area contributed by atoms with Crippen LogP contribution in [0, 0.1) is 0 Å². The van der Waals surface area contributed by atoms with Crippen LogP contribution in [-0.4, -0.2) is 32.7 Å². The normalized spacial score (nSPS) is 15.7. The number of hydrogen-bond acceptors (Lipinski definition) is 5. The number of thioether (sulfide) groups is 1. The summed E-state index contributed by atoms with van der Waals surface area (Å²) < 4.78 is 0.326. The highest BCUT2D eigenvalue weighted by Gasteiger charge is 2.33.